The number of benzene rings is 2. The van der Waals surface area contributed by atoms with Crippen LogP contribution in [0.25, 0.3) is 6.08 Å². The summed E-state index contributed by atoms with van der Waals surface area (Å²) in [6.45, 7) is 1.89. The molecule has 0 fully saturated rings. The van der Waals surface area contributed by atoms with Crippen LogP contribution in [-0.2, 0) is 4.79 Å². The molecule has 6 heteroatoms. The number of nitrogens with one attached hydrogen (secondary N) is 1. The van der Waals surface area contributed by atoms with Crippen LogP contribution >= 0.6 is 0 Å². The summed E-state index contributed by atoms with van der Waals surface area (Å²) < 4.78 is 11.2. The zero-order chi connectivity index (χ0) is 19.5. The molecule has 1 amide bonds. The molecule has 0 saturated heterocycles. The Morgan fingerprint density at radius 2 is 2.00 bits per heavy atom. The molecule has 0 aromatic heterocycles. The molecule has 2 aromatic rings. The maximum Gasteiger partial charge on any atom is 0.242 e. The first-order valence-electron chi connectivity index (χ1n) is 8.61. The van der Waals surface area contributed by atoms with Gasteiger partial charge in [0.25, 0.3) is 0 Å². The molecule has 2 N–H and O–H groups in total. The van der Waals surface area contributed by atoms with Gasteiger partial charge in [-0.1, -0.05) is 42.5 Å². The fourth-order valence-corrected chi connectivity index (χ4v) is 2.32. The predicted molar refractivity (Wildman–Crippen MR) is 106 cm³/mol. The van der Waals surface area contributed by atoms with Gasteiger partial charge in [0.05, 0.1) is 25.8 Å². The summed E-state index contributed by atoms with van der Waals surface area (Å²) in [5.41, 5.74) is 4.13. The first-order valence-corrected chi connectivity index (χ1v) is 8.61. The Morgan fingerprint density at radius 1 is 1.22 bits per heavy atom. The third kappa shape index (κ3) is 6.95. The molecule has 0 heterocycles. The van der Waals surface area contributed by atoms with Gasteiger partial charge in [0.2, 0.25) is 5.91 Å². The van der Waals surface area contributed by atoms with Crippen LogP contribution in [0.5, 0.6) is 11.5 Å². The van der Waals surface area contributed by atoms with Crippen molar-refractivity contribution in [2.24, 2.45) is 5.10 Å². The molecule has 1 atom stereocenters. The van der Waals surface area contributed by atoms with Gasteiger partial charge in [-0.25, -0.2) is 5.43 Å². The van der Waals surface area contributed by atoms with Crippen molar-refractivity contribution in [1.82, 2.24) is 5.43 Å². The van der Waals surface area contributed by atoms with Gasteiger partial charge in [0, 0.05) is 5.56 Å². The molecule has 27 heavy (non-hydrogen) atoms. The second-order valence-electron chi connectivity index (χ2n) is 5.85. The minimum atomic E-state index is -0.715. The molecule has 0 radical (unpaired) electrons. The third-order valence-corrected chi connectivity index (χ3v) is 3.54. The van der Waals surface area contributed by atoms with Gasteiger partial charge in [0.15, 0.2) is 11.5 Å². The van der Waals surface area contributed by atoms with Crippen molar-refractivity contribution >= 4 is 18.2 Å². The van der Waals surface area contributed by atoms with Gasteiger partial charge < -0.3 is 14.6 Å². The highest BCUT2D eigenvalue weighted by atomic mass is 16.5. The van der Waals surface area contributed by atoms with E-state index in [0.717, 1.165) is 5.56 Å². The summed E-state index contributed by atoms with van der Waals surface area (Å²) in [5, 5.41) is 13.1. The lowest BCUT2D eigenvalue weighted by Gasteiger charge is -2.11. The smallest absolute Gasteiger partial charge is 0.242 e. The topological polar surface area (TPSA) is 80.2 Å². The lowest BCUT2D eigenvalue weighted by molar-refractivity contribution is -0.122. The number of hydrogen-bond donors (Lipinski definition) is 2. The van der Waals surface area contributed by atoms with Gasteiger partial charge >= 0.3 is 0 Å². The highest BCUT2D eigenvalue weighted by molar-refractivity contribution is 5.86. The van der Waals surface area contributed by atoms with Crippen molar-refractivity contribution in [2.75, 3.05) is 13.7 Å². The Bertz CT molecular complexity index is 786. The molecule has 2 rings (SSSR count). The van der Waals surface area contributed by atoms with E-state index >= 15 is 0 Å². The number of aliphatic hydroxyl groups excluding tert-OH is 1. The average molecular weight is 368 g/mol. The van der Waals surface area contributed by atoms with Crippen molar-refractivity contribution in [2.45, 2.75) is 19.4 Å². The third-order valence-electron chi connectivity index (χ3n) is 3.54. The number of para-hydroxylation sites is 1. The quantitative estimate of drug-likeness (QED) is 0.527. The van der Waals surface area contributed by atoms with Gasteiger partial charge in [-0.3, -0.25) is 4.79 Å². The van der Waals surface area contributed by atoms with Crippen LogP contribution in [0.3, 0.4) is 0 Å². The number of nitrogens with zero attached hydrogens (tertiary/aromatic N) is 1. The summed E-state index contributed by atoms with van der Waals surface area (Å²) in [6.07, 6.45) is 4.64. The summed E-state index contributed by atoms with van der Waals surface area (Å²) >= 11 is 0. The second-order valence-corrected chi connectivity index (χ2v) is 5.85. The molecule has 6 nitrogen and oxygen atoms in total. The second kappa shape index (κ2) is 10.8. The zero-order valence-electron chi connectivity index (χ0n) is 15.5. The van der Waals surface area contributed by atoms with Crippen LogP contribution in [0.4, 0.5) is 0 Å². The summed E-state index contributed by atoms with van der Waals surface area (Å²) in [4.78, 5) is 11.5. The van der Waals surface area contributed by atoms with E-state index < -0.39 is 6.10 Å². The number of aliphatic hydroxyl groups is 1. The van der Waals surface area contributed by atoms with Crippen LogP contribution in [-0.4, -0.2) is 37.0 Å². The number of carbonyl (C=O) groups is 1. The molecule has 0 bridgehead atoms. The van der Waals surface area contributed by atoms with E-state index in [1.54, 1.807) is 20.1 Å². The van der Waals surface area contributed by atoms with Crippen LogP contribution in [0, 0.1) is 0 Å². The van der Waals surface area contributed by atoms with E-state index in [1.165, 1.54) is 6.21 Å². The van der Waals surface area contributed by atoms with Crippen molar-refractivity contribution in [3.05, 3.63) is 65.7 Å². The number of carbonyl (C=O) groups excluding carboxylic acids is 1. The lowest BCUT2D eigenvalue weighted by Crippen LogP contribution is -2.21. The Labute approximate surface area is 159 Å². The van der Waals surface area contributed by atoms with E-state index in [9.17, 15) is 9.90 Å². The maximum absolute atomic E-state index is 11.5. The van der Waals surface area contributed by atoms with Gasteiger partial charge in [-0.15, -0.1) is 0 Å². The van der Waals surface area contributed by atoms with Crippen LogP contribution < -0.4 is 14.9 Å². The van der Waals surface area contributed by atoms with Gasteiger partial charge in [-0.05, 0) is 30.7 Å². The number of amides is 1. The summed E-state index contributed by atoms with van der Waals surface area (Å²) in [7, 11) is 1.56. The van der Waals surface area contributed by atoms with Crippen LogP contribution in [0.15, 0.2) is 59.7 Å². The minimum absolute atomic E-state index is 0.0108. The minimum Gasteiger partial charge on any atom is -0.493 e. The van der Waals surface area contributed by atoms with E-state index in [-0.39, 0.29) is 12.3 Å². The first-order chi connectivity index (χ1) is 13.1. The molecule has 0 aliphatic carbocycles. The summed E-state index contributed by atoms with van der Waals surface area (Å²) in [5.74, 6) is 0.742. The monoisotopic (exact) mass is 368 g/mol. The Kier molecular flexibility index (Phi) is 8.06. The van der Waals surface area contributed by atoms with Crippen LogP contribution in [0.2, 0.25) is 0 Å². The fraction of sp³-hybridized carbons (Fsp3) is 0.238. The molecular formula is C21H24N2O4. The number of rotatable bonds is 9. The van der Waals surface area contributed by atoms with Crippen molar-refractivity contribution < 1.29 is 19.4 Å². The van der Waals surface area contributed by atoms with Crippen molar-refractivity contribution in [1.29, 1.82) is 0 Å². The van der Waals surface area contributed by atoms with E-state index in [1.807, 2.05) is 54.6 Å². The van der Waals surface area contributed by atoms with Crippen molar-refractivity contribution in [3.8, 4) is 11.5 Å². The molecular weight excluding hydrogens is 344 g/mol. The molecule has 0 unspecified atom stereocenters. The van der Waals surface area contributed by atoms with E-state index in [2.05, 4.69) is 10.5 Å². The number of methoxy groups -OCH3 is 1. The average Bonchev–Trinajstić information content (AvgIpc) is 2.66. The SMILES string of the molecule is COc1cccc(/C=N\NC(=O)C[C@H](C)O)c1OC/C=C/c1ccccc1. The van der Waals surface area contributed by atoms with E-state index in [0.29, 0.717) is 23.7 Å². The Balaban J connectivity index is 2.03. The normalized spacial score (nSPS) is 12.3. The molecule has 0 aliphatic heterocycles. The van der Waals surface area contributed by atoms with Gasteiger partial charge in [-0.2, -0.15) is 5.10 Å². The van der Waals surface area contributed by atoms with Crippen LogP contribution in [0.1, 0.15) is 24.5 Å². The lowest BCUT2D eigenvalue weighted by atomic mass is 10.2. The van der Waals surface area contributed by atoms with Gasteiger partial charge in [0.1, 0.15) is 6.61 Å². The predicted octanol–water partition coefficient (Wildman–Crippen LogP) is 3.01. The highest BCUT2D eigenvalue weighted by Gasteiger charge is 2.09. The maximum atomic E-state index is 11.5. The molecule has 0 aliphatic rings. The highest BCUT2D eigenvalue weighted by Crippen LogP contribution is 2.30. The van der Waals surface area contributed by atoms with Crippen molar-refractivity contribution in [3.63, 3.8) is 0 Å². The first kappa shape index (κ1) is 20.2. The van der Waals surface area contributed by atoms with E-state index in [4.69, 9.17) is 9.47 Å². The molecule has 0 spiro atoms. The summed E-state index contributed by atoms with van der Waals surface area (Å²) in [6, 6.07) is 15.3. The fourth-order valence-electron chi connectivity index (χ4n) is 2.32. The largest absolute Gasteiger partial charge is 0.493 e. The Hall–Kier alpha value is -3.12. The molecule has 0 saturated carbocycles. The number of hydrogen-bond acceptors (Lipinski definition) is 5. The zero-order valence-corrected chi connectivity index (χ0v) is 15.5. The Morgan fingerprint density at radius 3 is 2.70 bits per heavy atom. The standard InChI is InChI=1S/C21H24N2O4/c1-16(24)14-20(25)23-22-15-18-11-6-12-19(26-2)21(18)27-13-7-10-17-8-4-3-5-9-17/h3-12,15-16,24H,13-14H2,1-2H3,(H,23,25)/b10-7+,22-15-/t16-/m0/s1. The number of hydrazone groups is 1. The number of ether oxygens (including phenoxy) is 2. The molecule has 142 valence electrons. The molecule has 2 aromatic carbocycles.